The number of hydrogen-bond acceptors (Lipinski definition) is 12. The Labute approximate surface area is 224 Å². The van der Waals surface area contributed by atoms with E-state index in [1.807, 2.05) is 0 Å². The summed E-state index contributed by atoms with van der Waals surface area (Å²) >= 11 is 0. The number of aliphatic hydroxyl groups excluding tert-OH is 7. The Kier molecular flexibility index (Phi) is 15.5. The monoisotopic (exact) mass is 552 g/mol. The number of rotatable bonds is 17. The molecule has 12 heteroatoms. The van der Waals surface area contributed by atoms with E-state index in [0.29, 0.717) is 6.42 Å². The molecule has 0 aromatic heterocycles. The van der Waals surface area contributed by atoms with Gasteiger partial charge in [0.2, 0.25) is 0 Å². The maximum absolute atomic E-state index is 12.2. The molecule has 2 aliphatic heterocycles. The van der Waals surface area contributed by atoms with Crippen LogP contribution in [-0.4, -0.2) is 116 Å². The topological polar surface area (TPSA) is 196 Å². The molecule has 2 rings (SSSR count). The molecule has 0 aromatic rings. The fourth-order valence-corrected chi connectivity index (χ4v) is 4.74. The number of aliphatic hydroxyl groups is 7. The van der Waals surface area contributed by atoms with Crippen molar-refractivity contribution < 1.29 is 59.5 Å². The van der Waals surface area contributed by atoms with Crippen LogP contribution in [0.15, 0.2) is 0 Å². The van der Waals surface area contributed by atoms with Crippen LogP contribution in [0.2, 0.25) is 0 Å². The molecular formula is C26H48O12. The van der Waals surface area contributed by atoms with Gasteiger partial charge in [-0.25, -0.2) is 0 Å². The van der Waals surface area contributed by atoms with Crippen molar-refractivity contribution in [3.05, 3.63) is 0 Å². The Morgan fingerprint density at radius 1 is 0.684 bits per heavy atom. The van der Waals surface area contributed by atoms with Crippen molar-refractivity contribution in [2.24, 2.45) is 0 Å². The number of carbonyl (C=O) groups is 1. The van der Waals surface area contributed by atoms with Crippen molar-refractivity contribution in [1.29, 1.82) is 0 Å². The highest BCUT2D eigenvalue weighted by atomic mass is 16.7. The van der Waals surface area contributed by atoms with Crippen LogP contribution in [0.4, 0.5) is 0 Å². The first-order chi connectivity index (χ1) is 18.2. The molecule has 0 spiro atoms. The van der Waals surface area contributed by atoms with Crippen LogP contribution in [0.25, 0.3) is 0 Å². The Balaban J connectivity index is 1.71. The molecule has 0 aromatic carbocycles. The zero-order valence-corrected chi connectivity index (χ0v) is 22.3. The maximum atomic E-state index is 12.2. The van der Waals surface area contributed by atoms with Gasteiger partial charge in [-0.3, -0.25) is 4.79 Å². The minimum Gasteiger partial charge on any atom is -0.463 e. The Morgan fingerprint density at radius 3 is 1.84 bits per heavy atom. The van der Waals surface area contributed by atoms with E-state index in [4.69, 9.17) is 18.9 Å². The van der Waals surface area contributed by atoms with Crippen molar-refractivity contribution in [3.63, 3.8) is 0 Å². The Bertz CT molecular complexity index is 650. The summed E-state index contributed by atoms with van der Waals surface area (Å²) in [6.07, 6.45) is -3.02. The molecule has 2 fully saturated rings. The molecule has 0 radical (unpaired) electrons. The highest BCUT2D eigenvalue weighted by molar-refractivity contribution is 5.69. The molecule has 0 bridgehead atoms. The van der Waals surface area contributed by atoms with Crippen LogP contribution in [0, 0.1) is 0 Å². The van der Waals surface area contributed by atoms with E-state index in [0.717, 1.165) is 19.3 Å². The molecular weight excluding hydrogens is 504 g/mol. The molecule has 224 valence electrons. The molecule has 0 saturated carbocycles. The second-order valence-electron chi connectivity index (χ2n) is 10.3. The Morgan fingerprint density at radius 2 is 1.26 bits per heavy atom. The minimum atomic E-state index is -1.76. The smallest absolute Gasteiger partial charge is 0.305 e. The first-order valence-electron chi connectivity index (χ1n) is 14.0. The lowest BCUT2D eigenvalue weighted by molar-refractivity contribution is -0.355. The average Bonchev–Trinajstić information content (AvgIpc) is 2.91. The number of hydrogen-bond donors (Lipinski definition) is 7. The number of esters is 1. The zero-order valence-electron chi connectivity index (χ0n) is 22.3. The largest absolute Gasteiger partial charge is 0.463 e. The standard InChI is InChI=1S/C26H48O12/c1-2-3-4-5-6-7-8-9-10-11-12-13-18(28)35-15-17-19(29)20(30)23(33)26(37-17)38-24-16(14-27)36-25(34)22(32)21(24)31/h16-17,19-27,29-34H,2-15H2,1H3/t16-,17-,19-,20+,21-,22-,23-,24-,25-,26+/m1/s1. The fourth-order valence-electron chi connectivity index (χ4n) is 4.74. The molecule has 0 aliphatic carbocycles. The summed E-state index contributed by atoms with van der Waals surface area (Å²) < 4.78 is 21.2. The molecule has 2 saturated heterocycles. The van der Waals surface area contributed by atoms with Crippen molar-refractivity contribution in [2.45, 2.75) is 145 Å². The van der Waals surface area contributed by atoms with Crippen molar-refractivity contribution in [2.75, 3.05) is 13.2 Å². The van der Waals surface area contributed by atoms with E-state index in [9.17, 15) is 40.5 Å². The summed E-state index contributed by atoms with van der Waals surface area (Å²) in [5, 5.41) is 70.0. The second kappa shape index (κ2) is 17.7. The van der Waals surface area contributed by atoms with Gasteiger partial charge in [-0.15, -0.1) is 0 Å². The summed E-state index contributed by atoms with van der Waals surface area (Å²) in [5.74, 6) is -0.483. The average molecular weight is 553 g/mol. The molecule has 7 N–H and O–H groups in total. The van der Waals surface area contributed by atoms with Gasteiger partial charge < -0.3 is 54.7 Å². The normalized spacial score (nSPS) is 35.8. The van der Waals surface area contributed by atoms with Crippen LogP contribution in [-0.2, 0) is 23.7 Å². The molecule has 0 amide bonds. The van der Waals surface area contributed by atoms with Gasteiger partial charge in [-0.05, 0) is 6.42 Å². The van der Waals surface area contributed by atoms with E-state index in [1.54, 1.807) is 0 Å². The number of unbranched alkanes of at least 4 members (excludes halogenated alkanes) is 10. The summed E-state index contributed by atoms with van der Waals surface area (Å²) in [6.45, 7) is 1.11. The number of carbonyl (C=O) groups excluding carboxylic acids is 1. The van der Waals surface area contributed by atoms with Crippen molar-refractivity contribution in [3.8, 4) is 0 Å². The second-order valence-corrected chi connectivity index (χ2v) is 10.3. The highest BCUT2D eigenvalue weighted by Crippen LogP contribution is 2.29. The fraction of sp³-hybridized carbons (Fsp3) is 0.962. The SMILES string of the molecule is CCCCCCCCCCCCCC(=O)OC[C@H]1O[C@@H](O[C@H]2[C@H](O)[C@@H](O)[C@H](O)O[C@@H]2CO)[C@H](O)[C@@H](O)[C@@H]1O. The number of ether oxygens (including phenoxy) is 4. The summed E-state index contributed by atoms with van der Waals surface area (Å²) in [7, 11) is 0. The van der Waals surface area contributed by atoms with Gasteiger partial charge in [0, 0.05) is 6.42 Å². The van der Waals surface area contributed by atoms with E-state index in [1.165, 1.54) is 44.9 Å². The van der Waals surface area contributed by atoms with Crippen molar-refractivity contribution in [1.82, 2.24) is 0 Å². The lowest BCUT2D eigenvalue weighted by Crippen LogP contribution is -2.64. The van der Waals surface area contributed by atoms with Crippen molar-refractivity contribution >= 4 is 5.97 Å². The minimum absolute atomic E-state index is 0.203. The van der Waals surface area contributed by atoms with Crippen LogP contribution >= 0.6 is 0 Å². The van der Waals surface area contributed by atoms with Gasteiger partial charge in [0.05, 0.1) is 6.61 Å². The van der Waals surface area contributed by atoms with Gasteiger partial charge >= 0.3 is 5.97 Å². The predicted molar refractivity (Wildman–Crippen MR) is 134 cm³/mol. The molecule has 10 atom stereocenters. The van der Waals surface area contributed by atoms with Crippen LogP contribution < -0.4 is 0 Å². The van der Waals surface area contributed by atoms with Gasteiger partial charge in [-0.2, -0.15) is 0 Å². The van der Waals surface area contributed by atoms with Gasteiger partial charge in [0.15, 0.2) is 12.6 Å². The van der Waals surface area contributed by atoms with E-state index < -0.39 is 80.6 Å². The summed E-state index contributed by atoms with van der Waals surface area (Å²) in [4.78, 5) is 12.2. The van der Waals surface area contributed by atoms with E-state index in [-0.39, 0.29) is 6.42 Å². The van der Waals surface area contributed by atoms with E-state index >= 15 is 0 Å². The van der Waals surface area contributed by atoms with Gasteiger partial charge in [0.25, 0.3) is 0 Å². The zero-order chi connectivity index (χ0) is 28.1. The lowest BCUT2D eigenvalue weighted by atomic mass is 9.97. The summed E-state index contributed by atoms with van der Waals surface area (Å²) in [5.41, 5.74) is 0. The third-order valence-electron chi connectivity index (χ3n) is 7.19. The third kappa shape index (κ3) is 10.2. The predicted octanol–water partition coefficient (Wildman–Crippen LogP) is -0.145. The molecule has 2 aliphatic rings. The molecule has 0 unspecified atom stereocenters. The van der Waals surface area contributed by atoms with Gasteiger partial charge in [0.1, 0.15) is 55.4 Å². The first-order valence-corrected chi connectivity index (χ1v) is 14.0. The maximum Gasteiger partial charge on any atom is 0.305 e. The van der Waals surface area contributed by atoms with Crippen LogP contribution in [0.3, 0.4) is 0 Å². The van der Waals surface area contributed by atoms with Crippen LogP contribution in [0.1, 0.15) is 84.0 Å². The molecule has 2 heterocycles. The molecule has 38 heavy (non-hydrogen) atoms. The first kappa shape index (κ1) is 33.3. The molecule has 12 nitrogen and oxygen atoms in total. The van der Waals surface area contributed by atoms with E-state index in [2.05, 4.69) is 6.92 Å². The summed E-state index contributed by atoms with van der Waals surface area (Å²) in [6, 6.07) is 0. The lowest BCUT2D eigenvalue weighted by Gasteiger charge is -2.45. The highest BCUT2D eigenvalue weighted by Gasteiger charge is 2.50. The Hall–Kier alpha value is -0.930. The third-order valence-corrected chi connectivity index (χ3v) is 7.19. The quantitative estimate of drug-likeness (QED) is 0.0933. The van der Waals surface area contributed by atoms with Crippen LogP contribution in [0.5, 0.6) is 0 Å². The van der Waals surface area contributed by atoms with Gasteiger partial charge in [-0.1, -0.05) is 71.1 Å².